The molecule has 5 heteroatoms. The summed E-state index contributed by atoms with van der Waals surface area (Å²) in [6, 6.07) is 15.7. The van der Waals surface area contributed by atoms with Gasteiger partial charge in [-0.25, -0.2) is 0 Å². The monoisotopic (exact) mass is 419 g/mol. The molecule has 0 aliphatic heterocycles. The van der Waals surface area contributed by atoms with Crippen molar-refractivity contribution in [1.29, 1.82) is 0 Å². The molecule has 0 fully saturated rings. The second-order valence-electron chi connectivity index (χ2n) is 7.12. The fraction of sp³-hybridized carbons (Fsp3) is 0.381. The zero-order chi connectivity index (χ0) is 19.2. The molecule has 0 spiro atoms. The Balaban J connectivity index is 2.08. The molecule has 0 aromatic heterocycles. The summed E-state index contributed by atoms with van der Waals surface area (Å²) in [5, 5.41) is 3.47. The molecule has 0 bridgehead atoms. The molecule has 2 aromatic carbocycles. The molecule has 0 heterocycles. The van der Waals surface area contributed by atoms with Crippen LogP contribution < -0.4 is 10.1 Å². The smallest absolute Gasteiger partial charge is 0.308 e. The molecule has 1 N–H and O–H groups in total. The Morgan fingerprint density at radius 1 is 1.08 bits per heavy atom. The number of carbonyl (C=O) groups is 1. The summed E-state index contributed by atoms with van der Waals surface area (Å²) in [4.78, 5) is 12.3. The highest BCUT2D eigenvalue weighted by atomic mass is 79.9. The Morgan fingerprint density at radius 2 is 1.69 bits per heavy atom. The number of hydrogen-bond donors (Lipinski definition) is 1. The van der Waals surface area contributed by atoms with Crippen LogP contribution in [-0.2, 0) is 16.1 Å². The van der Waals surface area contributed by atoms with E-state index in [2.05, 4.69) is 21.2 Å². The Labute approximate surface area is 164 Å². The van der Waals surface area contributed by atoms with Gasteiger partial charge in [-0.05, 0) is 56.2 Å². The second-order valence-corrected chi connectivity index (χ2v) is 8.04. The van der Waals surface area contributed by atoms with Crippen molar-refractivity contribution in [2.75, 3.05) is 7.11 Å². The molecule has 0 aliphatic carbocycles. The van der Waals surface area contributed by atoms with Gasteiger partial charge in [0.2, 0.25) is 0 Å². The Hall–Kier alpha value is -1.85. The van der Waals surface area contributed by atoms with Crippen molar-refractivity contribution < 1.29 is 14.3 Å². The molecule has 0 unspecified atom stereocenters. The van der Waals surface area contributed by atoms with Crippen molar-refractivity contribution in [1.82, 2.24) is 5.32 Å². The number of ether oxygens (including phenoxy) is 2. The maximum absolute atomic E-state index is 12.3. The first kappa shape index (κ1) is 20.5. The van der Waals surface area contributed by atoms with E-state index in [1.165, 1.54) is 0 Å². The molecule has 0 radical (unpaired) electrons. The van der Waals surface area contributed by atoms with Crippen LogP contribution >= 0.6 is 15.9 Å². The topological polar surface area (TPSA) is 47.6 Å². The zero-order valence-electron chi connectivity index (χ0n) is 15.7. The first-order valence-corrected chi connectivity index (χ1v) is 9.40. The van der Waals surface area contributed by atoms with Gasteiger partial charge in [0.1, 0.15) is 11.4 Å². The molecule has 26 heavy (non-hydrogen) atoms. The normalized spacial score (nSPS) is 12.5. The molecular weight excluding hydrogens is 394 g/mol. The van der Waals surface area contributed by atoms with Crippen molar-refractivity contribution in [2.45, 2.75) is 45.4 Å². The minimum absolute atomic E-state index is 0.125. The summed E-state index contributed by atoms with van der Waals surface area (Å²) >= 11 is 3.45. The predicted molar refractivity (Wildman–Crippen MR) is 107 cm³/mol. The molecule has 0 saturated carbocycles. The van der Waals surface area contributed by atoms with Crippen LogP contribution in [0.3, 0.4) is 0 Å². The summed E-state index contributed by atoms with van der Waals surface area (Å²) in [7, 11) is 1.65. The summed E-state index contributed by atoms with van der Waals surface area (Å²) in [5.74, 6) is 0.611. The van der Waals surface area contributed by atoms with E-state index in [1.807, 2.05) is 69.3 Å². The van der Waals surface area contributed by atoms with Crippen LogP contribution in [0.5, 0.6) is 5.75 Å². The van der Waals surface area contributed by atoms with Crippen LogP contribution in [0.15, 0.2) is 53.0 Å². The number of carbonyl (C=O) groups excluding carboxylic acids is 1. The van der Waals surface area contributed by atoms with Gasteiger partial charge < -0.3 is 14.8 Å². The van der Waals surface area contributed by atoms with Crippen LogP contribution in [0, 0.1) is 0 Å². The molecular formula is C21H26BrNO3. The first-order valence-electron chi connectivity index (χ1n) is 8.60. The van der Waals surface area contributed by atoms with Crippen molar-refractivity contribution in [3.8, 4) is 5.75 Å². The van der Waals surface area contributed by atoms with Crippen LogP contribution in [0.2, 0.25) is 0 Å². The van der Waals surface area contributed by atoms with E-state index < -0.39 is 5.60 Å². The standard InChI is InChI=1S/C21H26BrNO3/c1-21(2,3)26-20(24)13-19(16-7-9-17(22)10-8-16)23-14-15-5-11-18(25-4)12-6-15/h5-12,19,23H,13-14H2,1-4H3/t19-/m1/s1. The lowest BCUT2D eigenvalue weighted by atomic mass is 10.0. The van der Waals surface area contributed by atoms with Crippen LogP contribution in [0.4, 0.5) is 0 Å². The van der Waals surface area contributed by atoms with Crippen molar-refractivity contribution in [2.24, 2.45) is 0 Å². The van der Waals surface area contributed by atoms with Crippen LogP contribution in [0.25, 0.3) is 0 Å². The largest absolute Gasteiger partial charge is 0.497 e. The molecule has 0 saturated heterocycles. The Kier molecular flexibility index (Phi) is 7.23. The minimum atomic E-state index is -0.489. The molecule has 140 valence electrons. The maximum atomic E-state index is 12.3. The van der Waals surface area contributed by atoms with Crippen molar-refractivity contribution >= 4 is 21.9 Å². The molecule has 1 atom stereocenters. The first-order chi connectivity index (χ1) is 12.3. The van der Waals surface area contributed by atoms with Crippen molar-refractivity contribution in [3.05, 3.63) is 64.1 Å². The highest BCUT2D eigenvalue weighted by Crippen LogP contribution is 2.22. The van der Waals surface area contributed by atoms with Gasteiger partial charge >= 0.3 is 5.97 Å². The fourth-order valence-electron chi connectivity index (χ4n) is 2.54. The zero-order valence-corrected chi connectivity index (χ0v) is 17.3. The predicted octanol–water partition coefficient (Wildman–Crippen LogP) is 5.02. The third kappa shape index (κ3) is 6.81. The fourth-order valence-corrected chi connectivity index (χ4v) is 2.80. The average molecular weight is 420 g/mol. The van der Waals surface area contributed by atoms with Gasteiger partial charge in [-0.15, -0.1) is 0 Å². The van der Waals surface area contributed by atoms with E-state index in [-0.39, 0.29) is 18.4 Å². The van der Waals surface area contributed by atoms with Gasteiger partial charge in [0.25, 0.3) is 0 Å². The van der Waals surface area contributed by atoms with E-state index in [1.54, 1.807) is 7.11 Å². The third-order valence-corrected chi connectivity index (χ3v) is 4.30. The van der Waals surface area contributed by atoms with Gasteiger partial charge in [0.15, 0.2) is 0 Å². The van der Waals surface area contributed by atoms with E-state index in [4.69, 9.17) is 9.47 Å². The number of rotatable bonds is 7. The number of hydrogen-bond acceptors (Lipinski definition) is 4. The number of halogens is 1. The van der Waals surface area contributed by atoms with Gasteiger partial charge in [-0.1, -0.05) is 40.2 Å². The van der Waals surface area contributed by atoms with E-state index in [0.717, 1.165) is 21.3 Å². The SMILES string of the molecule is COc1ccc(CN[C@H](CC(=O)OC(C)(C)C)c2ccc(Br)cc2)cc1. The van der Waals surface area contributed by atoms with Gasteiger partial charge in [0, 0.05) is 17.1 Å². The second kappa shape index (κ2) is 9.19. The molecule has 4 nitrogen and oxygen atoms in total. The average Bonchev–Trinajstić information content (AvgIpc) is 2.58. The Bertz CT molecular complexity index is 706. The van der Waals surface area contributed by atoms with Gasteiger partial charge in [-0.2, -0.15) is 0 Å². The van der Waals surface area contributed by atoms with E-state index in [9.17, 15) is 4.79 Å². The quantitative estimate of drug-likeness (QED) is 0.639. The Morgan fingerprint density at radius 3 is 2.23 bits per heavy atom. The number of esters is 1. The lowest BCUT2D eigenvalue weighted by Gasteiger charge is -2.23. The van der Waals surface area contributed by atoms with Crippen molar-refractivity contribution in [3.63, 3.8) is 0 Å². The lowest BCUT2D eigenvalue weighted by molar-refractivity contribution is -0.155. The van der Waals surface area contributed by atoms with Crippen LogP contribution in [-0.4, -0.2) is 18.7 Å². The molecule has 2 aromatic rings. The number of benzene rings is 2. The summed E-state index contributed by atoms with van der Waals surface area (Å²) in [6.07, 6.45) is 0.273. The van der Waals surface area contributed by atoms with E-state index in [0.29, 0.717) is 6.54 Å². The molecule has 0 amide bonds. The lowest BCUT2D eigenvalue weighted by Crippen LogP contribution is -2.29. The van der Waals surface area contributed by atoms with Gasteiger partial charge in [-0.3, -0.25) is 4.79 Å². The summed E-state index contributed by atoms with van der Waals surface area (Å²) in [5.41, 5.74) is 1.68. The summed E-state index contributed by atoms with van der Waals surface area (Å²) < 4.78 is 11.7. The van der Waals surface area contributed by atoms with Crippen LogP contribution in [0.1, 0.15) is 44.4 Å². The maximum Gasteiger partial charge on any atom is 0.308 e. The number of methoxy groups -OCH3 is 1. The molecule has 2 rings (SSSR count). The highest BCUT2D eigenvalue weighted by molar-refractivity contribution is 9.10. The van der Waals surface area contributed by atoms with E-state index >= 15 is 0 Å². The van der Waals surface area contributed by atoms with Gasteiger partial charge in [0.05, 0.1) is 13.5 Å². The number of nitrogens with one attached hydrogen (secondary N) is 1. The minimum Gasteiger partial charge on any atom is -0.497 e. The summed E-state index contributed by atoms with van der Waals surface area (Å²) in [6.45, 7) is 6.28. The highest BCUT2D eigenvalue weighted by Gasteiger charge is 2.21. The molecule has 0 aliphatic rings. The third-order valence-electron chi connectivity index (χ3n) is 3.77.